The van der Waals surface area contributed by atoms with Gasteiger partial charge in [0.15, 0.2) is 5.65 Å². The van der Waals surface area contributed by atoms with Crippen molar-refractivity contribution in [1.82, 2.24) is 29.8 Å². The Morgan fingerprint density at radius 1 is 1.09 bits per heavy atom. The monoisotopic (exact) mass is 455 g/mol. The van der Waals surface area contributed by atoms with Crippen LogP contribution in [0.2, 0.25) is 5.02 Å². The fourth-order valence-corrected chi connectivity index (χ4v) is 5.20. The molecule has 5 rings (SSSR count). The molecule has 2 aromatic heterocycles. The van der Waals surface area contributed by atoms with Crippen LogP contribution in [-0.4, -0.2) is 63.2 Å². The van der Waals surface area contributed by atoms with E-state index in [-0.39, 0.29) is 6.03 Å². The maximum absolute atomic E-state index is 12.4. The van der Waals surface area contributed by atoms with Crippen molar-refractivity contribution in [2.75, 3.05) is 37.6 Å². The molecular formula is C23H30ClN7O. The Bertz CT molecular complexity index is 1120. The number of nitrogens with zero attached hydrogens (tertiary/aromatic N) is 6. The van der Waals surface area contributed by atoms with Gasteiger partial charge in [-0.1, -0.05) is 30.9 Å². The summed E-state index contributed by atoms with van der Waals surface area (Å²) in [5.41, 5.74) is 1.67. The van der Waals surface area contributed by atoms with Crippen LogP contribution in [-0.2, 0) is 0 Å². The molecule has 0 spiro atoms. The minimum absolute atomic E-state index is 0.00458. The lowest BCUT2D eigenvalue weighted by atomic mass is 9.89. The van der Waals surface area contributed by atoms with E-state index in [1.807, 2.05) is 30.0 Å². The largest absolute Gasteiger partial charge is 0.340 e. The molecule has 9 heteroatoms. The van der Waals surface area contributed by atoms with E-state index in [0.29, 0.717) is 30.6 Å². The van der Waals surface area contributed by atoms with Crippen LogP contribution in [0.15, 0.2) is 18.2 Å². The summed E-state index contributed by atoms with van der Waals surface area (Å²) in [6.45, 7) is 5.52. The molecule has 1 aliphatic carbocycles. The molecule has 0 radical (unpaired) electrons. The van der Waals surface area contributed by atoms with Crippen molar-refractivity contribution in [3.63, 3.8) is 0 Å². The molecule has 2 fully saturated rings. The molecular weight excluding hydrogens is 426 g/mol. The number of carbonyl (C=O) groups is 1. The second-order valence-electron chi connectivity index (χ2n) is 8.79. The number of fused-ring (bicyclic) bond motifs is 3. The van der Waals surface area contributed by atoms with Crippen LogP contribution in [0.25, 0.3) is 16.6 Å². The van der Waals surface area contributed by atoms with Crippen LogP contribution in [0.4, 0.5) is 10.7 Å². The van der Waals surface area contributed by atoms with Gasteiger partial charge in [0.1, 0.15) is 5.82 Å². The molecule has 3 heterocycles. The SMILES string of the molecule is CCNC(=O)N1CCCN(c2nc3cc(Cl)ccc3c3nnc(C4CCCCC4)n23)CC1. The highest BCUT2D eigenvalue weighted by atomic mass is 35.5. The van der Waals surface area contributed by atoms with E-state index in [2.05, 4.69) is 24.8 Å². The van der Waals surface area contributed by atoms with E-state index in [9.17, 15) is 4.79 Å². The zero-order valence-electron chi connectivity index (χ0n) is 18.6. The third-order valence-electron chi connectivity index (χ3n) is 6.67. The van der Waals surface area contributed by atoms with Gasteiger partial charge in [-0.2, -0.15) is 0 Å². The van der Waals surface area contributed by atoms with Gasteiger partial charge >= 0.3 is 6.03 Å². The first-order valence-corrected chi connectivity index (χ1v) is 12.2. The first kappa shape index (κ1) is 21.2. The van der Waals surface area contributed by atoms with Crippen molar-refractivity contribution in [2.45, 2.75) is 51.4 Å². The van der Waals surface area contributed by atoms with Crippen LogP contribution < -0.4 is 10.2 Å². The second kappa shape index (κ2) is 9.10. The van der Waals surface area contributed by atoms with Crippen molar-refractivity contribution < 1.29 is 4.79 Å². The molecule has 1 N–H and O–H groups in total. The highest BCUT2D eigenvalue weighted by Crippen LogP contribution is 2.35. The highest BCUT2D eigenvalue weighted by molar-refractivity contribution is 6.31. The Morgan fingerprint density at radius 3 is 2.75 bits per heavy atom. The average molecular weight is 456 g/mol. The van der Waals surface area contributed by atoms with Gasteiger partial charge in [0.25, 0.3) is 0 Å². The van der Waals surface area contributed by atoms with Gasteiger partial charge < -0.3 is 15.1 Å². The molecule has 2 aliphatic rings. The highest BCUT2D eigenvalue weighted by Gasteiger charge is 2.27. The molecule has 3 aromatic rings. The summed E-state index contributed by atoms with van der Waals surface area (Å²) in [5.74, 6) is 2.28. The third-order valence-corrected chi connectivity index (χ3v) is 6.91. The number of amides is 2. The van der Waals surface area contributed by atoms with Gasteiger partial charge in [-0.15, -0.1) is 10.2 Å². The molecule has 0 bridgehead atoms. The fourth-order valence-electron chi connectivity index (χ4n) is 5.03. The van der Waals surface area contributed by atoms with Crippen LogP contribution in [0.5, 0.6) is 0 Å². The summed E-state index contributed by atoms with van der Waals surface area (Å²) in [7, 11) is 0. The van der Waals surface area contributed by atoms with E-state index in [0.717, 1.165) is 60.7 Å². The molecule has 0 atom stereocenters. The van der Waals surface area contributed by atoms with Gasteiger partial charge in [0.05, 0.1) is 5.52 Å². The Kier molecular flexibility index (Phi) is 6.04. The number of urea groups is 1. The Hall–Kier alpha value is -2.61. The Morgan fingerprint density at radius 2 is 1.94 bits per heavy atom. The summed E-state index contributed by atoms with van der Waals surface area (Å²) in [5, 5.41) is 13.8. The van der Waals surface area contributed by atoms with Crippen molar-refractivity contribution in [2.24, 2.45) is 0 Å². The van der Waals surface area contributed by atoms with E-state index < -0.39 is 0 Å². The summed E-state index contributed by atoms with van der Waals surface area (Å²) < 4.78 is 2.17. The Labute approximate surface area is 192 Å². The number of hydrogen-bond acceptors (Lipinski definition) is 5. The minimum Gasteiger partial charge on any atom is -0.340 e. The molecule has 1 aromatic carbocycles. The number of halogens is 1. The quantitative estimate of drug-likeness (QED) is 0.639. The topological polar surface area (TPSA) is 78.7 Å². The molecule has 2 amide bonds. The smallest absolute Gasteiger partial charge is 0.317 e. The Balaban J connectivity index is 1.58. The summed E-state index contributed by atoms with van der Waals surface area (Å²) >= 11 is 6.30. The number of anilines is 1. The van der Waals surface area contributed by atoms with E-state index in [4.69, 9.17) is 16.6 Å². The predicted molar refractivity (Wildman–Crippen MR) is 127 cm³/mol. The van der Waals surface area contributed by atoms with Crippen LogP contribution >= 0.6 is 11.6 Å². The maximum Gasteiger partial charge on any atom is 0.317 e. The molecule has 1 saturated carbocycles. The van der Waals surface area contributed by atoms with Crippen molar-refractivity contribution in [1.29, 1.82) is 0 Å². The molecule has 170 valence electrons. The van der Waals surface area contributed by atoms with Gasteiger partial charge in [0, 0.05) is 49.1 Å². The average Bonchev–Trinajstić information content (AvgIpc) is 3.10. The maximum atomic E-state index is 12.4. The fraction of sp³-hybridized carbons (Fsp3) is 0.565. The number of rotatable bonds is 3. The number of benzene rings is 1. The number of hydrogen-bond donors (Lipinski definition) is 1. The molecule has 1 saturated heterocycles. The van der Waals surface area contributed by atoms with Crippen LogP contribution in [0.3, 0.4) is 0 Å². The van der Waals surface area contributed by atoms with Gasteiger partial charge in [0.2, 0.25) is 5.95 Å². The lowest BCUT2D eigenvalue weighted by Crippen LogP contribution is -2.42. The van der Waals surface area contributed by atoms with Crippen molar-refractivity contribution in [3.8, 4) is 0 Å². The number of nitrogens with one attached hydrogen (secondary N) is 1. The summed E-state index contributed by atoms with van der Waals surface area (Å²) in [6.07, 6.45) is 6.93. The van der Waals surface area contributed by atoms with Gasteiger partial charge in [-0.3, -0.25) is 0 Å². The molecule has 32 heavy (non-hydrogen) atoms. The standard InChI is InChI=1S/C23H30ClN7O/c1-2-25-23(32)30-12-6-11-29(13-14-30)22-26-19-15-17(24)9-10-18(19)21-28-27-20(31(21)22)16-7-4-3-5-8-16/h9-10,15-16H,2-8,11-14H2,1H3,(H,25,32). The molecule has 0 unspecified atom stereocenters. The van der Waals surface area contributed by atoms with E-state index >= 15 is 0 Å². The molecule has 1 aliphatic heterocycles. The normalized spacial score (nSPS) is 18.3. The summed E-state index contributed by atoms with van der Waals surface area (Å²) in [4.78, 5) is 21.6. The van der Waals surface area contributed by atoms with Crippen LogP contribution in [0, 0.1) is 0 Å². The van der Waals surface area contributed by atoms with E-state index in [1.54, 1.807) is 0 Å². The lowest BCUT2D eigenvalue weighted by Gasteiger charge is -2.26. The predicted octanol–water partition coefficient (Wildman–Crippen LogP) is 4.22. The van der Waals surface area contributed by atoms with Crippen molar-refractivity contribution in [3.05, 3.63) is 29.0 Å². The second-order valence-corrected chi connectivity index (χ2v) is 9.22. The van der Waals surface area contributed by atoms with Gasteiger partial charge in [-0.05, 0) is 44.4 Å². The first-order chi connectivity index (χ1) is 15.7. The number of aromatic nitrogens is 4. The zero-order valence-corrected chi connectivity index (χ0v) is 19.3. The van der Waals surface area contributed by atoms with Crippen LogP contribution in [0.1, 0.15) is 57.2 Å². The van der Waals surface area contributed by atoms with E-state index in [1.165, 1.54) is 19.3 Å². The first-order valence-electron chi connectivity index (χ1n) is 11.8. The molecule has 8 nitrogen and oxygen atoms in total. The third kappa shape index (κ3) is 3.96. The lowest BCUT2D eigenvalue weighted by molar-refractivity contribution is 0.202. The van der Waals surface area contributed by atoms with Crippen molar-refractivity contribution >= 4 is 40.1 Å². The number of carbonyl (C=O) groups excluding carboxylic acids is 1. The minimum atomic E-state index is 0.00458. The van der Waals surface area contributed by atoms with Gasteiger partial charge in [-0.25, -0.2) is 14.2 Å². The summed E-state index contributed by atoms with van der Waals surface area (Å²) in [6, 6.07) is 5.78. The zero-order chi connectivity index (χ0) is 22.1.